The van der Waals surface area contributed by atoms with Crippen LogP contribution in [0.25, 0.3) is 10.6 Å². The van der Waals surface area contributed by atoms with Crippen LogP contribution >= 0.6 is 35.0 Å². The molecule has 0 N–H and O–H groups in total. The lowest BCUT2D eigenvalue weighted by Crippen LogP contribution is -1.89. The zero-order chi connectivity index (χ0) is 12.2. The van der Waals surface area contributed by atoms with Crippen LogP contribution in [0.3, 0.4) is 0 Å². The summed E-state index contributed by atoms with van der Waals surface area (Å²) in [4.78, 5) is 12.3. The number of hydrogen-bond acceptors (Lipinski definition) is 3. The average molecular weight is 285 g/mol. The number of ether oxygens (including phenoxy) is 1. The van der Waals surface area contributed by atoms with E-state index in [-0.39, 0.29) is 10.1 Å². The highest BCUT2D eigenvalue weighted by molar-refractivity contribution is 8.18. The SMILES string of the molecule is COc1ccc2c(c1)C(Cl)=C1SC(=O)C(Cl)=C12. The molecule has 0 amide bonds. The zero-order valence-electron chi connectivity index (χ0n) is 8.71. The first-order chi connectivity index (χ1) is 8.13. The molecule has 0 saturated carbocycles. The van der Waals surface area contributed by atoms with Gasteiger partial charge in [0.15, 0.2) is 0 Å². The van der Waals surface area contributed by atoms with E-state index in [1.54, 1.807) is 7.11 Å². The first kappa shape index (κ1) is 11.2. The molecular formula is C12H6Cl2O2S. The maximum Gasteiger partial charge on any atom is 0.236 e. The van der Waals surface area contributed by atoms with Crippen molar-refractivity contribution in [3.05, 3.63) is 39.3 Å². The van der Waals surface area contributed by atoms with Crippen molar-refractivity contribution in [1.29, 1.82) is 0 Å². The Morgan fingerprint density at radius 1 is 1.18 bits per heavy atom. The van der Waals surface area contributed by atoms with Gasteiger partial charge < -0.3 is 4.74 Å². The third kappa shape index (κ3) is 1.46. The number of fused-ring (bicyclic) bond motifs is 3. The Labute approximate surface area is 112 Å². The van der Waals surface area contributed by atoms with Gasteiger partial charge in [0.25, 0.3) is 0 Å². The summed E-state index contributed by atoms with van der Waals surface area (Å²) >= 11 is 13.4. The molecule has 0 bridgehead atoms. The first-order valence-electron chi connectivity index (χ1n) is 4.84. The predicted octanol–water partition coefficient (Wildman–Crippen LogP) is 3.84. The van der Waals surface area contributed by atoms with E-state index in [9.17, 15) is 4.79 Å². The molecule has 0 aromatic heterocycles. The van der Waals surface area contributed by atoms with E-state index in [1.807, 2.05) is 18.2 Å². The van der Waals surface area contributed by atoms with Crippen LogP contribution in [0.1, 0.15) is 11.1 Å². The lowest BCUT2D eigenvalue weighted by Gasteiger charge is -2.05. The second-order valence-corrected chi connectivity index (χ2v) is 5.37. The molecule has 86 valence electrons. The number of halogens is 2. The largest absolute Gasteiger partial charge is 0.497 e. The fourth-order valence-electron chi connectivity index (χ4n) is 1.96. The van der Waals surface area contributed by atoms with Gasteiger partial charge in [-0.05, 0) is 35.5 Å². The van der Waals surface area contributed by atoms with Crippen molar-refractivity contribution >= 4 is 50.7 Å². The van der Waals surface area contributed by atoms with Gasteiger partial charge in [0.1, 0.15) is 10.8 Å². The van der Waals surface area contributed by atoms with E-state index in [0.717, 1.165) is 39.1 Å². The summed E-state index contributed by atoms with van der Waals surface area (Å²) in [5.41, 5.74) is 2.52. The van der Waals surface area contributed by atoms with Gasteiger partial charge in [0.2, 0.25) is 5.12 Å². The molecule has 1 aliphatic carbocycles. The monoisotopic (exact) mass is 284 g/mol. The van der Waals surface area contributed by atoms with Crippen LogP contribution in [0.5, 0.6) is 5.75 Å². The van der Waals surface area contributed by atoms with Crippen LogP contribution in [-0.4, -0.2) is 12.2 Å². The van der Waals surface area contributed by atoms with Crippen molar-refractivity contribution in [2.45, 2.75) is 0 Å². The molecule has 1 aromatic rings. The summed E-state index contributed by atoms with van der Waals surface area (Å²) in [6, 6.07) is 5.56. The molecule has 0 saturated heterocycles. The van der Waals surface area contributed by atoms with Crippen LogP contribution < -0.4 is 4.74 Å². The fourth-order valence-corrected chi connectivity index (χ4v) is 3.58. The second-order valence-electron chi connectivity index (χ2n) is 3.63. The summed E-state index contributed by atoms with van der Waals surface area (Å²) in [5.74, 6) is 0.732. The molecule has 0 atom stereocenters. The molecule has 3 rings (SSSR count). The molecule has 1 aliphatic heterocycles. The number of methoxy groups -OCH3 is 1. The molecule has 5 heteroatoms. The summed E-state index contributed by atoms with van der Waals surface area (Å²) < 4.78 is 5.15. The number of carbonyl (C=O) groups is 1. The van der Waals surface area contributed by atoms with E-state index >= 15 is 0 Å². The fraction of sp³-hybridized carbons (Fsp3) is 0.0833. The molecular weight excluding hydrogens is 279 g/mol. The molecule has 1 aromatic carbocycles. The maximum atomic E-state index is 11.5. The van der Waals surface area contributed by atoms with Crippen molar-refractivity contribution in [3.8, 4) is 5.75 Å². The average Bonchev–Trinajstić information content (AvgIpc) is 2.78. The Hall–Kier alpha value is -0.900. The summed E-state index contributed by atoms with van der Waals surface area (Å²) in [7, 11) is 1.60. The molecule has 1 heterocycles. The second kappa shape index (κ2) is 3.80. The predicted molar refractivity (Wildman–Crippen MR) is 71.1 cm³/mol. The third-order valence-electron chi connectivity index (χ3n) is 2.75. The maximum absolute atomic E-state index is 11.5. The van der Waals surface area contributed by atoms with Crippen molar-refractivity contribution < 1.29 is 9.53 Å². The van der Waals surface area contributed by atoms with Gasteiger partial charge in [0, 0.05) is 16.0 Å². The highest BCUT2D eigenvalue weighted by Crippen LogP contribution is 2.55. The van der Waals surface area contributed by atoms with Crippen LogP contribution in [0.2, 0.25) is 0 Å². The topological polar surface area (TPSA) is 26.3 Å². The van der Waals surface area contributed by atoms with Crippen LogP contribution in [0.15, 0.2) is 28.1 Å². The normalized spacial score (nSPS) is 17.7. The lowest BCUT2D eigenvalue weighted by atomic mass is 10.1. The van der Waals surface area contributed by atoms with Gasteiger partial charge >= 0.3 is 0 Å². The Bertz CT molecular complexity index is 617. The van der Waals surface area contributed by atoms with Crippen molar-refractivity contribution in [2.24, 2.45) is 0 Å². The molecule has 0 spiro atoms. The zero-order valence-corrected chi connectivity index (χ0v) is 11.0. The Balaban J connectivity index is 2.29. The van der Waals surface area contributed by atoms with E-state index in [0.29, 0.717) is 5.03 Å². The van der Waals surface area contributed by atoms with Gasteiger partial charge in [-0.2, -0.15) is 0 Å². The minimum absolute atomic E-state index is 0.142. The van der Waals surface area contributed by atoms with Gasteiger partial charge in [-0.25, -0.2) is 0 Å². The smallest absolute Gasteiger partial charge is 0.236 e. The van der Waals surface area contributed by atoms with E-state index < -0.39 is 0 Å². The number of carbonyl (C=O) groups excluding carboxylic acids is 1. The summed E-state index contributed by atoms with van der Waals surface area (Å²) in [6.07, 6.45) is 0. The third-order valence-corrected chi connectivity index (χ3v) is 4.73. The minimum atomic E-state index is -0.142. The van der Waals surface area contributed by atoms with E-state index in [4.69, 9.17) is 27.9 Å². The van der Waals surface area contributed by atoms with Crippen LogP contribution in [0.4, 0.5) is 0 Å². The Kier molecular flexibility index (Phi) is 2.51. The number of rotatable bonds is 1. The highest BCUT2D eigenvalue weighted by atomic mass is 35.5. The molecule has 2 nitrogen and oxygen atoms in total. The van der Waals surface area contributed by atoms with Crippen molar-refractivity contribution in [1.82, 2.24) is 0 Å². The molecule has 17 heavy (non-hydrogen) atoms. The van der Waals surface area contributed by atoms with Crippen LogP contribution in [0, 0.1) is 0 Å². The Morgan fingerprint density at radius 3 is 2.65 bits per heavy atom. The number of benzene rings is 1. The molecule has 2 aliphatic rings. The quantitative estimate of drug-likeness (QED) is 0.784. The molecule has 0 fully saturated rings. The Morgan fingerprint density at radius 2 is 1.94 bits per heavy atom. The van der Waals surface area contributed by atoms with Gasteiger partial charge in [-0.3, -0.25) is 4.79 Å². The highest BCUT2D eigenvalue weighted by Gasteiger charge is 2.37. The van der Waals surface area contributed by atoms with Crippen molar-refractivity contribution in [3.63, 3.8) is 0 Å². The van der Waals surface area contributed by atoms with Gasteiger partial charge in [-0.15, -0.1) is 0 Å². The van der Waals surface area contributed by atoms with Crippen molar-refractivity contribution in [2.75, 3.05) is 7.11 Å². The van der Waals surface area contributed by atoms with E-state index in [1.165, 1.54) is 0 Å². The number of hydrogen-bond donors (Lipinski definition) is 0. The van der Waals surface area contributed by atoms with Crippen LogP contribution in [-0.2, 0) is 4.79 Å². The lowest BCUT2D eigenvalue weighted by molar-refractivity contribution is -0.107. The minimum Gasteiger partial charge on any atom is -0.497 e. The summed E-state index contributed by atoms with van der Waals surface area (Å²) in [6.45, 7) is 0. The standard InChI is InChI=1S/C12H6Cl2O2S/c1-16-5-2-3-6-7(4-5)9(13)11-8(6)10(14)12(15)17-11/h2-4H,1H3. The number of thioether (sulfide) groups is 1. The molecule has 0 unspecified atom stereocenters. The summed E-state index contributed by atoms with van der Waals surface area (Å²) in [5, 5.41) is 0.686. The first-order valence-corrected chi connectivity index (χ1v) is 6.41. The molecule has 0 radical (unpaired) electrons. The number of allylic oxidation sites excluding steroid dienone is 1. The van der Waals surface area contributed by atoms with Gasteiger partial charge in [0.05, 0.1) is 12.1 Å². The van der Waals surface area contributed by atoms with E-state index in [2.05, 4.69) is 0 Å². The van der Waals surface area contributed by atoms with Gasteiger partial charge in [-0.1, -0.05) is 23.2 Å².